The number of halogens is 1. The number of hydrogen-bond acceptors (Lipinski definition) is 2. The van der Waals surface area contributed by atoms with Crippen LogP contribution in [-0.4, -0.2) is 15.5 Å². The van der Waals surface area contributed by atoms with Gasteiger partial charge in [-0.25, -0.2) is 9.37 Å². The van der Waals surface area contributed by atoms with E-state index in [4.69, 9.17) is 4.98 Å². The number of imidazole rings is 1. The van der Waals surface area contributed by atoms with Gasteiger partial charge in [0, 0.05) is 11.6 Å². The molecule has 0 fully saturated rings. The van der Waals surface area contributed by atoms with Gasteiger partial charge in [-0.05, 0) is 36.8 Å². The number of hydrogen-bond donors (Lipinski definition) is 1. The van der Waals surface area contributed by atoms with Gasteiger partial charge in [-0.2, -0.15) is 0 Å². The molecule has 1 aromatic heterocycles. The third kappa shape index (κ3) is 4.30. The van der Waals surface area contributed by atoms with Crippen molar-refractivity contribution in [1.29, 1.82) is 0 Å². The number of nitrogens with one attached hydrogen (secondary N) is 1. The van der Waals surface area contributed by atoms with Crippen LogP contribution in [0.4, 0.5) is 4.39 Å². The molecule has 0 saturated heterocycles. The number of benzene rings is 3. The molecular formula is C25H22FN3O. The van der Waals surface area contributed by atoms with Crippen molar-refractivity contribution >= 4 is 23.0 Å². The predicted molar refractivity (Wildman–Crippen MR) is 117 cm³/mol. The van der Waals surface area contributed by atoms with Crippen molar-refractivity contribution in [2.24, 2.45) is 0 Å². The summed E-state index contributed by atoms with van der Waals surface area (Å²) in [5.74, 6) is 0.209. The number of rotatable bonds is 6. The first kappa shape index (κ1) is 19.6. The van der Waals surface area contributed by atoms with Crippen LogP contribution in [0.15, 0.2) is 84.9 Å². The Bertz CT molecular complexity index is 1200. The molecular weight excluding hydrogens is 377 g/mol. The maximum absolute atomic E-state index is 14.3. The minimum absolute atomic E-state index is 0.212. The van der Waals surface area contributed by atoms with E-state index in [9.17, 15) is 9.18 Å². The second-order valence-corrected chi connectivity index (χ2v) is 7.11. The lowest BCUT2D eigenvalue weighted by molar-refractivity contribution is -0.117. The molecule has 3 aromatic carbocycles. The summed E-state index contributed by atoms with van der Waals surface area (Å²) in [4.78, 5) is 17.2. The maximum atomic E-state index is 14.3. The number of nitrogens with zero attached hydrogens (tertiary/aromatic N) is 2. The van der Waals surface area contributed by atoms with Gasteiger partial charge in [0.15, 0.2) is 0 Å². The second-order valence-electron chi connectivity index (χ2n) is 7.11. The van der Waals surface area contributed by atoms with E-state index in [0.29, 0.717) is 17.9 Å². The zero-order valence-electron chi connectivity index (χ0n) is 16.6. The average Bonchev–Trinajstić information content (AvgIpc) is 3.13. The molecule has 1 atom stereocenters. The highest BCUT2D eigenvalue weighted by Gasteiger charge is 2.18. The summed E-state index contributed by atoms with van der Waals surface area (Å²) in [5, 5.41) is 2.97. The molecule has 1 N–H and O–H groups in total. The maximum Gasteiger partial charge on any atom is 0.244 e. The molecule has 0 aliphatic rings. The Balaban J connectivity index is 1.60. The molecule has 0 saturated carbocycles. The number of aromatic nitrogens is 2. The van der Waals surface area contributed by atoms with Crippen LogP contribution in [0.1, 0.15) is 29.9 Å². The molecule has 0 spiro atoms. The van der Waals surface area contributed by atoms with Crippen molar-refractivity contribution in [3.8, 4) is 0 Å². The monoisotopic (exact) mass is 399 g/mol. The van der Waals surface area contributed by atoms with Gasteiger partial charge >= 0.3 is 0 Å². The second kappa shape index (κ2) is 8.74. The molecule has 150 valence electrons. The first-order valence-corrected chi connectivity index (χ1v) is 9.84. The molecule has 1 amide bonds. The summed E-state index contributed by atoms with van der Waals surface area (Å²) in [5.41, 5.74) is 3.23. The van der Waals surface area contributed by atoms with Gasteiger partial charge < -0.3 is 9.88 Å². The molecule has 0 bridgehead atoms. The van der Waals surface area contributed by atoms with Gasteiger partial charge in [0.05, 0.1) is 23.6 Å². The van der Waals surface area contributed by atoms with E-state index in [1.807, 2.05) is 72.2 Å². The van der Waals surface area contributed by atoms with Crippen molar-refractivity contribution in [2.45, 2.75) is 19.5 Å². The molecule has 4 aromatic rings. The van der Waals surface area contributed by atoms with Crippen molar-refractivity contribution in [2.75, 3.05) is 0 Å². The van der Waals surface area contributed by atoms with Crippen LogP contribution in [0.5, 0.6) is 0 Å². The minimum atomic E-state index is -0.350. The van der Waals surface area contributed by atoms with Crippen LogP contribution in [0, 0.1) is 5.82 Å². The molecule has 5 heteroatoms. The molecule has 30 heavy (non-hydrogen) atoms. The topological polar surface area (TPSA) is 46.9 Å². The zero-order valence-corrected chi connectivity index (χ0v) is 16.6. The lowest BCUT2D eigenvalue weighted by Gasteiger charge is -2.16. The summed E-state index contributed by atoms with van der Waals surface area (Å²) in [6.45, 7) is 2.22. The van der Waals surface area contributed by atoms with E-state index >= 15 is 0 Å². The van der Waals surface area contributed by atoms with E-state index in [0.717, 1.165) is 16.6 Å². The van der Waals surface area contributed by atoms with E-state index in [1.165, 1.54) is 12.1 Å². The highest BCUT2D eigenvalue weighted by atomic mass is 19.1. The van der Waals surface area contributed by atoms with E-state index < -0.39 is 0 Å². The fraction of sp³-hybridized carbons (Fsp3) is 0.120. The van der Waals surface area contributed by atoms with Gasteiger partial charge in [-0.15, -0.1) is 0 Å². The quantitative estimate of drug-likeness (QED) is 0.458. The normalized spacial score (nSPS) is 12.3. The van der Waals surface area contributed by atoms with Crippen LogP contribution in [0.25, 0.3) is 17.1 Å². The summed E-state index contributed by atoms with van der Waals surface area (Å²) < 4.78 is 16.2. The number of carbonyl (C=O) groups excluding carboxylic acids is 1. The molecule has 4 nitrogen and oxygen atoms in total. The van der Waals surface area contributed by atoms with Gasteiger partial charge in [0.25, 0.3) is 0 Å². The first-order valence-electron chi connectivity index (χ1n) is 9.84. The van der Waals surface area contributed by atoms with Crippen LogP contribution in [0.3, 0.4) is 0 Å². The largest absolute Gasteiger partial charge is 0.343 e. The molecule has 1 unspecified atom stereocenters. The Labute approximate surface area is 174 Å². The standard InChI is InChI=1S/C25H22FN3O/c1-18(27-24(30)16-15-19-9-3-2-4-10-19)25-28-22-13-7-8-14-23(22)29(25)17-20-11-5-6-12-21(20)26/h2-16,18H,17H2,1H3,(H,27,30)/b16-15-. The Kier molecular flexibility index (Phi) is 5.70. The Morgan fingerprint density at radius 1 is 1.03 bits per heavy atom. The number of carbonyl (C=O) groups is 1. The summed E-state index contributed by atoms with van der Waals surface area (Å²) in [6.07, 6.45) is 3.28. The Morgan fingerprint density at radius 2 is 1.73 bits per heavy atom. The van der Waals surface area contributed by atoms with Gasteiger partial charge in [-0.3, -0.25) is 4.79 Å². The molecule has 0 aliphatic carbocycles. The average molecular weight is 399 g/mol. The lowest BCUT2D eigenvalue weighted by atomic mass is 10.2. The fourth-order valence-electron chi connectivity index (χ4n) is 3.45. The van der Waals surface area contributed by atoms with Crippen molar-refractivity contribution in [1.82, 2.24) is 14.9 Å². The highest BCUT2D eigenvalue weighted by molar-refractivity contribution is 5.92. The smallest absolute Gasteiger partial charge is 0.244 e. The predicted octanol–water partition coefficient (Wildman–Crippen LogP) is 5.11. The van der Waals surface area contributed by atoms with Gasteiger partial charge in [-0.1, -0.05) is 60.7 Å². The Hall–Kier alpha value is -3.73. The van der Waals surface area contributed by atoms with Crippen molar-refractivity contribution in [3.63, 3.8) is 0 Å². The van der Waals surface area contributed by atoms with E-state index in [-0.39, 0.29) is 17.8 Å². The van der Waals surface area contributed by atoms with Crippen molar-refractivity contribution < 1.29 is 9.18 Å². The van der Waals surface area contributed by atoms with Crippen LogP contribution >= 0.6 is 0 Å². The number of para-hydroxylation sites is 2. The summed E-state index contributed by atoms with van der Waals surface area (Å²) in [6, 6.07) is 23.7. The third-order valence-corrected chi connectivity index (χ3v) is 4.94. The van der Waals surface area contributed by atoms with Crippen LogP contribution in [-0.2, 0) is 11.3 Å². The third-order valence-electron chi connectivity index (χ3n) is 4.94. The molecule has 1 heterocycles. The number of amides is 1. The van der Waals surface area contributed by atoms with Crippen LogP contribution < -0.4 is 5.32 Å². The number of fused-ring (bicyclic) bond motifs is 1. The summed E-state index contributed by atoms with van der Waals surface area (Å²) in [7, 11) is 0. The highest BCUT2D eigenvalue weighted by Crippen LogP contribution is 2.23. The van der Waals surface area contributed by atoms with Gasteiger partial charge in [0.1, 0.15) is 11.6 Å². The zero-order chi connectivity index (χ0) is 20.9. The fourth-order valence-corrected chi connectivity index (χ4v) is 3.45. The molecule has 4 rings (SSSR count). The lowest BCUT2D eigenvalue weighted by Crippen LogP contribution is -2.27. The SMILES string of the molecule is CC(NC(=O)/C=C\c1ccccc1)c1nc2ccccc2n1Cc1ccccc1F. The first-order chi connectivity index (χ1) is 14.6. The van der Waals surface area contributed by atoms with Crippen LogP contribution in [0.2, 0.25) is 0 Å². The van der Waals surface area contributed by atoms with Crippen molar-refractivity contribution in [3.05, 3.63) is 108 Å². The van der Waals surface area contributed by atoms with Gasteiger partial charge in [0.2, 0.25) is 5.91 Å². The summed E-state index contributed by atoms with van der Waals surface area (Å²) >= 11 is 0. The minimum Gasteiger partial charge on any atom is -0.343 e. The molecule has 0 radical (unpaired) electrons. The Morgan fingerprint density at radius 3 is 2.53 bits per heavy atom. The molecule has 0 aliphatic heterocycles. The van der Waals surface area contributed by atoms with E-state index in [1.54, 1.807) is 18.2 Å². The van der Waals surface area contributed by atoms with E-state index in [2.05, 4.69) is 5.32 Å².